The van der Waals surface area contributed by atoms with Gasteiger partial charge in [0, 0.05) is 10.4 Å². The fraction of sp³-hybridized carbons (Fsp3) is 0.250. The van der Waals surface area contributed by atoms with Gasteiger partial charge in [-0.25, -0.2) is 22.7 Å². The lowest BCUT2D eigenvalue weighted by molar-refractivity contribution is -0.137. The lowest BCUT2D eigenvalue weighted by atomic mass is 9.90. The first kappa shape index (κ1) is 26.6. The third-order valence-electron chi connectivity index (χ3n) is 5.22. The van der Waals surface area contributed by atoms with Crippen molar-refractivity contribution in [2.45, 2.75) is 36.9 Å². The van der Waals surface area contributed by atoms with Gasteiger partial charge in [-0.3, -0.25) is 4.79 Å². The average molecular weight is 581 g/mol. The maximum absolute atomic E-state index is 14.8. The summed E-state index contributed by atoms with van der Waals surface area (Å²) >= 11 is 3.26. The highest BCUT2D eigenvalue weighted by molar-refractivity contribution is 9.10. The van der Waals surface area contributed by atoms with Crippen LogP contribution in [0.3, 0.4) is 0 Å². The van der Waals surface area contributed by atoms with E-state index >= 15 is 0 Å². The minimum atomic E-state index is -4.87. The number of hydrogen-bond donors (Lipinski definition) is 3. The largest absolute Gasteiger partial charge is 0.434 e. The van der Waals surface area contributed by atoms with Crippen LogP contribution in [0, 0.1) is 12.7 Å². The molecule has 0 spiro atoms. The first-order chi connectivity index (χ1) is 16.1. The number of hydrogen-bond acceptors (Lipinski definition) is 6. The van der Waals surface area contributed by atoms with E-state index in [2.05, 4.69) is 25.8 Å². The number of nitrogens with zero attached hydrogens (tertiary/aromatic N) is 1. The molecular formula is C20H17BrF4N4O5S. The normalized spacial score (nSPS) is 14.0. The maximum Gasteiger partial charge on any atom is 0.434 e. The summed E-state index contributed by atoms with van der Waals surface area (Å²) in [4.78, 5) is 22.5. The van der Waals surface area contributed by atoms with E-state index in [0.717, 1.165) is 6.07 Å². The molecule has 0 aliphatic heterocycles. The fourth-order valence-corrected chi connectivity index (χ4v) is 5.31. The van der Waals surface area contributed by atoms with Crippen LogP contribution in [0.15, 0.2) is 48.9 Å². The molecule has 1 heterocycles. The SMILES string of the molecule is Cc1c(Br)ccc(F)c1[C@@H](C)[C@H](NS(=O)(=O)c1ccc(C(F)(F)F)cc1C(N)=O)c1n[nH]c(=O)o1. The van der Waals surface area contributed by atoms with E-state index in [9.17, 15) is 35.6 Å². The number of carbonyl (C=O) groups excluding carboxylic acids is 1. The maximum atomic E-state index is 14.8. The summed E-state index contributed by atoms with van der Waals surface area (Å²) in [6.07, 6.45) is -4.87. The Morgan fingerprint density at radius 3 is 2.46 bits per heavy atom. The second kappa shape index (κ2) is 9.54. The Morgan fingerprint density at radius 1 is 1.26 bits per heavy atom. The lowest BCUT2D eigenvalue weighted by Crippen LogP contribution is -2.34. The van der Waals surface area contributed by atoms with Gasteiger partial charge in [0.05, 0.1) is 16.0 Å². The Kier molecular flexibility index (Phi) is 7.24. The van der Waals surface area contributed by atoms with Crippen molar-refractivity contribution in [1.29, 1.82) is 0 Å². The van der Waals surface area contributed by atoms with Crippen molar-refractivity contribution >= 4 is 31.9 Å². The quantitative estimate of drug-likeness (QED) is 0.364. The summed E-state index contributed by atoms with van der Waals surface area (Å²) in [7, 11) is -4.79. The smallest absolute Gasteiger partial charge is 0.391 e. The van der Waals surface area contributed by atoms with E-state index in [1.807, 2.05) is 5.10 Å². The summed E-state index contributed by atoms with van der Waals surface area (Å²) in [6, 6.07) is 2.39. The predicted molar refractivity (Wildman–Crippen MR) is 117 cm³/mol. The number of primary amides is 1. The number of carbonyl (C=O) groups is 1. The van der Waals surface area contributed by atoms with Crippen LogP contribution in [0.1, 0.15) is 51.8 Å². The van der Waals surface area contributed by atoms with Crippen molar-refractivity contribution in [3.63, 3.8) is 0 Å². The van der Waals surface area contributed by atoms with Crippen LogP contribution in [0.5, 0.6) is 0 Å². The summed E-state index contributed by atoms with van der Waals surface area (Å²) in [5, 5.41) is 5.59. The Morgan fingerprint density at radius 2 is 1.91 bits per heavy atom. The second-order valence-electron chi connectivity index (χ2n) is 7.48. The van der Waals surface area contributed by atoms with Crippen LogP contribution >= 0.6 is 15.9 Å². The Labute approximate surface area is 203 Å². The number of rotatable bonds is 7. The molecule has 1 aromatic heterocycles. The first-order valence-electron chi connectivity index (χ1n) is 9.66. The van der Waals surface area contributed by atoms with Crippen LogP contribution in [-0.2, 0) is 16.2 Å². The Bertz CT molecular complexity index is 1450. The van der Waals surface area contributed by atoms with Crippen molar-refractivity contribution < 1.29 is 35.2 Å². The van der Waals surface area contributed by atoms with Crippen molar-refractivity contribution in [2.75, 3.05) is 0 Å². The molecule has 0 bridgehead atoms. The monoisotopic (exact) mass is 580 g/mol. The van der Waals surface area contributed by atoms with Gasteiger partial charge in [0.1, 0.15) is 11.9 Å². The molecule has 2 atom stereocenters. The van der Waals surface area contributed by atoms with Gasteiger partial charge in [-0.15, -0.1) is 5.10 Å². The number of nitrogens with two attached hydrogens (primary N) is 1. The van der Waals surface area contributed by atoms with E-state index in [4.69, 9.17) is 10.2 Å². The molecule has 0 fully saturated rings. The zero-order chi connectivity index (χ0) is 26.3. The van der Waals surface area contributed by atoms with Gasteiger partial charge in [-0.2, -0.15) is 17.9 Å². The number of H-pyrrole nitrogens is 1. The molecule has 0 aliphatic rings. The standard InChI is InChI=1S/C20H17BrF4N4O5S/c1-8-12(21)4-5-13(22)15(8)9(2)16(18-27-28-19(31)34-18)29-35(32,33)14-6-3-10(20(23,24)25)7-11(14)17(26)30/h3-7,9,16,29H,1-2H3,(H2,26,30)(H,28,31)/t9-,16+/m1/s1. The molecule has 9 nitrogen and oxygen atoms in total. The molecular weight excluding hydrogens is 564 g/mol. The Balaban J connectivity index is 2.15. The van der Waals surface area contributed by atoms with E-state index < -0.39 is 67.6 Å². The van der Waals surface area contributed by atoms with Crippen molar-refractivity contribution in [1.82, 2.24) is 14.9 Å². The molecule has 3 aromatic rings. The fourth-order valence-electron chi connectivity index (χ4n) is 3.50. The summed E-state index contributed by atoms with van der Waals surface area (Å²) < 4.78 is 88.0. The van der Waals surface area contributed by atoms with Gasteiger partial charge in [-0.1, -0.05) is 22.9 Å². The third kappa shape index (κ3) is 5.46. The van der Waals surface area contributed by atoms with Crippen molar-refractivity contribution in [3.05, 3.63) is 79.3 Å². The van der Waals surface area contributed by atoms with Crippen LogP contribution in [0.25, 0.3) is 0 Å². The summed E-state index contributed by atoms with van der Waals surface area (Å²) in [6.45, 7) is 2.98. The molecule has 4 N–H and O–H groups in total. The van der Waals surface area contributed by atoms with Crippen molar-refractivity contribution in [3.8, 4) is 0 Å². The number of aromatic nitrogens is 2. The predicted octanol–water partition coefficient (Wildman–Crippen LogP) is 3.51. The highest BCUT2D eigenvalue weighted by Crippen LogP contribution is 2.37. The van der Waals surface area contributed by atoms with Crippen LogP contribution in [0.2, 0.25) is 0 Å². The molecule has 188 valence electrons. The highest BCUT2D eigenvalue weighted by Gasteiger charge is 2.37. The molecule has 0 aliphatic carbocycles. The van der Waals surface area contributed by atoms with E-state index in [-0.39, 0.29) is 5.56 Å². The number of aromatic amines is 1. The highest BCUT2D eigenvalue weighted by atomic mass is 79.9. The average Bonchev–Trinajstić information content (AvgIpc) is 3.19. The number of benzene rings is 2. The molecule has 1 amide bonds. The van der Waals surface area contributed by atoms with Gasteiger partial charge < -0.3 is 10.2 Å². The van der Waals surface area contributed by atoms with Gasteiger partial charge in [-0.05, 0) is 48.4 Å². The number of sulfonamides is 1. The molecule has 15 heteroatoms. The first-order valence-corrected chi connectivity index (χ1v) is 11.9. The van der Waals surface area contributed by atoms with Crippen LogP contribution in [0.4, 0.5) is 17.6 Å². The van der Waals surface area contributed by atoms with Crippen LogP contribution < -0.4 is 16.2 Å². The van der Waals surface area contributed by atoms with Crippen LogP contribution in [-0.4, -0.2) is 24.5 Å². The molecule has 0 saturated carbocycles. The Hall–Kier alpha value is -3.04. The number of nitrogens with one attached hydrogen (secondary N) is 2. The number of halogens is 5. The van der Waals surface area contributed by atoms with Crippen molar-refractivity contribution in [2.24, 2.45) is 5.73 Å². The van der Waals surface area contributed by atoms with Gasteiger partial charge in [0.2, 0.25) is 21.8 Å². The minimum absolute atomic E-state index is 0.0419. The molecule has 0 radical (unpaired) electrons. The van der Waals surface area contributed by atoms with Gasteiger partial charge in [0.15, 0.2) is 0 Å². The molecule has 0 unspecified atom stereocenters. The molecule has 2 aromatic carbocycles. The van der Waals surface area contributed by atoms with Gasteiger partial charge in [0.25, 0.3) is 0 Å². The number of alkyl halides is 3. The molecule has 3 rings (SSSR count). The molecule has 35 heavy (non-hydrogen) atoms. The van der Waals surface area contributed by atoms with Gasteiger partial charge >= 0.3 is 11.9 Å². The van der Waals surface area contributed by atoms with E-state index in [1.54, 1.807) is 6.92 Å². The summed E-state index contributed by atoms with van der Waals surface area (Å²) in [5.74, 6) is -4.69. The number of amides is 1. The van der Waals surface area contributed by atoms with E-state index in [0.29, 0.717) is 28.2 Å². The minimum Gasteiger partial charge on any atom is -0.391 e. The summed E-state index contributed by atoms with van der Waals surface area (Å²) in [5.41, 5.74) is 3.38. The third-order valence-corrected chi connectivity index (χ3v) is 7.57. The zero-order valence-electron chi connectivity index (χ0n) is 17.9. The lowest BCUT2D eigenvalue weighted by Gasteiger charge is -2.25. The topological polar surface area (TPSA) is 148 Å². The zero-order valence-corrected chi connectivity index (χ0v) is 20.3. The molecule has 0 saturated heterocycles. The van der Waals surface area contributed by atoms with E-state index in [1.165, 1.54) is 13.0 Å². The second-order valence-corrected chi connectivity index (χ2v) is 10.0.